The first-order valence-corrected chi connectivity index (χ1v) is 37.7. The summed E-state index contributed by atoms with van der Waals surface area (Å²) in [6, 6.07) is 0. The van der Waals surface area contributed by atoms with Gasteiger partial charge in [-0.3, -0.25) is 28.8 Å². The highest BCUT2D eigenvalue weighted by molar-refractivity contribution is 7.99. The molecule has 0 aromatic heterocycles. The van der Waals surface area contributed by atoms with Crippen molar-refractivity contribution in [3.63, 3.8) is 0 Å². The number of nitrogens with one attached hydrogen (secondary N) is 6. The molecule has 0 aromatic carbocycles. The SMILES string of the molecule is CCCCCCCCCCCCCCCCCCOCC(CSCC(CC(CC(CC(CC(CCC(=O)NCCN)C(=O)NCCN)C(=O)NCCN)C(=O)NCCN)C(=O)NCCN)C(=O)NCCN)OCCCCCCCCCCCCCCCCCC. The fraction of sp³-hybridized carbons (Fsp3) is 0.913. The van der Waals surface area contributed by atoms with E-state index in [4.69, 9.17) is 43.9 Å². The van der Waals surface area contributed by atoms with Crippen LogP contribution in [0.1, 0.15) is 258 Å². The van der Waals surface area contributed by atoms with Crippen molar-refractivity contribution < 1.29 is 38.2 Å². The van der Waals surface area contributed by atoms with Gasteiger partial charge >= 0.3 is 0 Å². The predicted molar refractivity (Wildman–Crippen MR) is 375 cm³/mol. The van der Waals surface area contributed by atoms with E-state index in [-0.39, 0.29) is 147 Å². The number of rotatable bonds is 69. The molecule has 6 atom stereocenters. The summed E-state index contributed by atoms with van der Waals surface area (Å²) >= 11 is 1.58. The fourth-order valence-corrected chi connectivity index (χ4v) is 12.7. The normalized spacial score (nSPS) is 13.5. The fourth-order valence-electron chi connectivity index (χ4n) is 11.6. The first-order valence-electron chi connectivity index (χ1n) is 36.6. The van der Waals surface area contributed by atoms with Gasteiger partial charge in [0.1, 0.15) is 0 Å². The van der Waals surface area contributed by atoms with Gasteiger partial charge in [-0.05, 0) is 44.9 Å². The molecule has 530 valence electrons. The first-order chi connectivity index (χ1) is 44.0. The van der Waals surface area contributed by atoms with Gasteiger partial charge in [-0.25, -0.2) is 0 Å². The summed E-state index contributed by atoms with van der Waals surface area (Å²) in [4.78, 5) is 83.4. The van der Waals surface area contributed by atoms with Crippen LogP contribution >= 0.6 is 11.8 Å². The van der Waals surface area contributed by atoms with Crippen LogP contribution in [-0.2, 0) is 38.2 Å². The maximum atomic E-state index is 14.3. The Hall–Kier alpha value is -3.15. The molecule has 18 N–H and O–H groups in total. The molecule has 0 fully saturated rings. The summed E-state index contributed by atoms with van der Waals surface area (Å²) in [5.74, 6) is -5.52. The molecule has 0 rings (SSSR count). The highest BCUT2D eigenvalue weighted by atomic mass is 32.2. The lowest BCUT2D eigenvalue weighted by atomic mass is 9.78. The number of carbonyl (C=O) groups is 6. The lowest BCUT2D eigenvalue weighted by Crippen LogP contribution is -2.44. The number of unbranched alkanes of at least 4 members (excludes halogenated alkanes) is 30. The molecule has 0 aliphatic heterocycles. The van der Waals surface area contributed by atoms with Gasteiger partial charge in [0.25, 0.3) is 0 Å². The number of ether oxygens (including phenoxy) is 2. The van der Waals surface area contributed by atoms with Crippen LogP contribution < -0.4 is 66.3 Å². The van der Waals surface area contributed by atoms with Crippen molar-refractivity contribution in [2.45, 2.75) is 264 Å². The molecule has 0 saturated heterocycles. The van der Waals surface area contributed by atoms with Crippen molar-refractivity contribution in [2.75, 3.05) is 110 Å². The summed E-state index contributed by atoms with van der Waals surface area (Å²) in [5, 5.41) is 17.1. The quantitative estimate of drug-likeness (QED) is 0.0254. The van der Waals surface area contributed by atoms with E-state index in [1.807, 2.05) is 0 Å². The molecule has 0 heterocycles. The average molecular weight is 1300 g/mol. The van der Waals surface area contributed by atoms with E-state index in [0.29, 0.717) is 31.3 Å². The van der Waals surface area contributed by atoms with Crippen LogP contribution in [0.4, 0.5) is 0 Å². The highest BCUT2D eigenvalue weighted by Crippen LogP contribution is 2.32. The van der Waals surface area contributed by atoms with Gasteiger partial charge in [0.15, 0.2) is 0 Å². The zero-order chi connectivity index (χ0) is 66.2. The maximum absolute atomic E-state index is 14.3. The van der Waals surface area contributed by atoms with Crippen molar-refractivity contribution in [1.82, 2.24) is 31.9 Å². The maximum Gasteiger partial charge on any atom is 0.224 e. The van der Waals surface area contributed by atoms with Crippen LogP contribution in [0.15, 0.2) is 0 Å². The minimum atomic E-state index is -0.950. The van der Waals surface area contributed by atoms with Crippen molar-refractivity contribution in [3.8, 4) is 0 Å². The first kappa shape index (κ1) is 86.9. The molecule has 0 radical (unpaired) electrons. The van der Waals surface area contributed by atoms with Gasteiger partial charge in [0.2, 0.25) is 35.4 Å². The average Bonchev–Trinajstić information content (AvgIpc) is 1.49. The number of hydrogen-bond donors (Lipinski definition) is 12. The summed E-state index contributed by atoms with van der Waals surface area (Å²) in [6.45, 7) is 8.51. The van der Waals surface area contributed by atoms with Crippen LogP contribution in [0.3, 0.4) is 0 Å². The Morgan fingerprint density at radius 2 is 0.611 bits per heavy atom. The number of thioether (sulfide) groups is 1. The lowest BCUT2D eigenvalue weighted by molar-refractivity contribution is -0.131. The topological polar surface area (TPSA) is 349 Å². The van der Waals surface area contributed by atoms with E-state index < -0.39 is 41.4 Å². The Bertz CT molecular complexity index is 1700. The molecule has 20 nitrogen and oxygen atoms in total. The zero-order valence-electron chi connectivity index (χ0n) is 57.5. The van der Waals surface area contributed by atoms with Crippen LogP contribution in [0.2, 0.25) is 0 Å². The van der Waals surface area contributed by atoms with E-state index in [0.717, 1.165) is 25.7 Å². The van der Waals surface area contributed by atoms with Crippen LogP contribution in [0.25, 0.3) is 0 Å². The van der Waals surface area contributed by atoms with Gasteiger partial charge in [0.05, 0.1) is 12.7 Å². The highest BCUT2D eigenvalue weighted by Gasteiger charge is 2.36. The molecule has 21 heteroatoms. The summed E-state index contributed by atoms with van der Waals surface area (Å²) in [7, 11) is 0. The van der Waals surface area contributed by atoms with Gasteiger partial charge < -0.3 is 75.8 Å². The Morgan fingerprint density at radius 1 is 0.333 bits per heavy atom. The molecule has 0 aromatic rings. The van der Waals surface area contributed by atoms with Crippen molar-refractivity contribution in [2.24, 2.45) is 64.0 Å². The second-order valence-corrected chi connectivity index (χ2v) is 26.3. The lowest BCUT2D eigenvalue weighted by Gasteiger charge is -2.29. The monoisotopic (exact) mass is 1300 g/mol. The minimum Gasteiger partial charge on any atom is -0.379 e. The molecule has 0 aliphatic carbocycles. The molecule has 0 aliphatic rings. The van der Waals surface area contributed by atoms with E-state index in [1.54, 1.807) is 11.8 Å². The number of amides is 6. The molecule has 6 amide bonds. The van der Waals surface area contributed by atoms with E-state index in [2.05, 4.69) is 45.7 Å². The second kappa shape index (κ2) is 65.9. The van der Waals surface area contributed by atoms with Gasteiger partial charge in [-0.1, -0.05) is 206 Å². The zero-order valence-corrected chi connectivity index (χ0v) is 58.3. The van der Waals surface area contributed by atoms with Gasteiger partial charge in [-0.2, -0.15) is 11.8 Å². The summed E-state index contributed by atoms with van der Waals surface area (Å²) < 4.78 is 12.9. The minimum absolute atomic E-state index is 0.00762. The second-order valence-electron chi connectivity index (χ2n) is 25.2. The molecular weight excluding hydrogens is 1160 g/mol. The molecule has 0 bridgehead atoms. The molecular formula is C69H140N12O8S. The Balaban J connectivity index is 6.28. The molecule has 6 unspecified atom stereocenters. The van der Waals surface area contributed by atoms with Gasteiger partial charge in [-0.15, -0.1) is 0 Å². The third kappa shape index (κ3) is 52.3. The smallest absolute Gasteiger partial charge is 0.224 e. The molecule has 0 spiro atoms. The number of carbonyl (C=O) groups excluding carboxylic acids is 6. The predicted octanol–water partition coefficient (Wildman–Crippen LogP) is 8.52. The molecule has 0 saturated carbocycles. The van der Waals surface area contributed by atoms with E-state index in [1.165, 1.54) is 180 Å². The summed E-state index contributed by atoms with van der Waals surface area (Å²) in [6.07, 6.45) is 41.5. The van der Waals surface area contributed by atoms with Crippen LogP contribution in [0.5, 0.6) is 0 Å². The Kier molecular flexibility index (Phi) is 63.6. The van der Waals surface area contributed by atoms with Crippen LogP contribution in [-0.4, -0.2) is 151 Å². The summed E-state index contributed by atoms with van der Waals surface area (Å²) in [5.41, 5.74) is 34.8. The third-order valence-electron chi connectivity index (χ3n) is 17.0. The van der Waals surface area contributed by atoms with Crippen molar-refractivity contribution in [3.05, 3.63) is 0 Å². The standard InChI is InChI=1S/C69H140N12O8S/c1-3-5-7-9-11-13-15-17-19-21-23-25-27-29-31-33-49-88-55-63(89-50-34-32-30-28-26-24-22-20-18-16-14-12-10-8-6-4-2)57-90-56-62(69(87)81-48-42-75)54-61(68(86)80-47-41-74)53-60(67(85)79-46-40-73)52-59(66(84)78-45-39-72)51-58(65(83)77-44-38-71)35-36-64(82)76-43-37-70/h58-63H,3-57,70-75H2,1-2H3,(H,76,82)(H,77,83)(H,78,84)(H,79,85)(H,80,86)(H,81,87). The Morgan fingerprint density at radius 3 is 0.956 bits per heavy atom. The van der Waals surface area contributed by atoms with E-state index >= 15 is 0 Å². The van der Waals surface area contributed by atoms with Gasteiger partial charge in [0, 0.05) is 139 Å². The van der Waals surface area contributed by atoms with Crippen molar-refractivity contribution >= 4 is 47.2 Å². The third-order valence-corrected chi connectivity index (χ3v) is 18.2. The van der Waals surface area contributed by atoms with E-state index in [9.17, 15) is 28.8 Å². The molecule has 90 heavy (non-hydrogen) atoms. The Labute approximate surface area is 552 Å². The van der Waals surface area contributed by atoms with Crippen LogP contribution in [0, 0.1) is 29.6 Å². The largest absolute Gasteiger partial charge is 0.379 e. The van der Waals surface area contributed by atoms with Crippen molar-refractivity contribution in [1.29, 1.82) is 0 Å². The number of hydrogen-bond acceptors (Lipinski definition) is 15. The number of nitrogens with two attached hydrogens (primary N) is 6.